The van der Waals surface area contributed by atoms with Crippen molar-refractivity contribution in [3.8, 4) is 5.75 Å². The third-order valence-corrected chi connectivity index (χ3v) is 9.48. The molecule has 3 atom stereocenters. The smallest absolute Gasteiger partial charge is 0.329 e. The van der Waals surface area contributed by atoms with Crippen LogP contribution in [0.3, 0.4) is 0 Å². The second-order valence-corrected chi connectivity index (χ2v) is 12.8. The molecule has 0 spiro atoms. The summed E-state index contributed by atoms with van der Waals surface area (Å²) in [6.45, 7) is 0.410. The highest BCUT2D eigenvalue weighted by atomic mass is 16.5. The van der Waals surface area contributed by atoms with Gasteiger partial charge in [0.1, 0.15) is 25.0 Å². The minimum Gasteiger partial charge on any atom is -0.489 e. The second-order valence-electron chi connectivity index (χ2n) is 12.8. The number of aliphatic hydroxyl groups excluding tert-OH is 1. The van der Waals surface area contributed by atoms with Crippen molar-refractivity contribution in [3.05, 3.63) is 138 Å². The van der Waals surface area contributed by atoms with Crippen LogP contribution in [0.5, 0.6) is 5.75 Å². The Morgan fingerprint density at radius 1 is 0.812 bits per heavy atom. The molecule has 0 unspecified atom stereocenters. The maximum Gasteiger partial charge on any atom is 0.329 e. The zero-order valence-electron chi connectivity index (χ0n) is 27.5. The summed E-state index contributed by atoms with van der Waals surface area (Å²) in [5, 5.41) is 16.0. The van der Waals surface area contributed by atoms with E-state index in [9.17, 15) is 14.7 Å². The maximum atomic E-state index is 14.6. The third kappa shape index (κ3) is 7.97. The topological polar surface area (TPSA) is 89.8 Å². The number of benzene rings is 4. The number of carbonyl (C=O) groups is 2. The van der Waals surface area contributed by atoms with Gasteiger partial charge in [0, 0.05) is 36.1 Å². The van der Waals surface area contributed by atoms with Crippen LogP contribution in [0.4, 0.5) is 0 Å². The number of para-hydroxylation sites is 2. The molecule has 7 heteroatoms. The average molecular weight is 645 g/mol. The monoisotopic (exact) mass is 644 g/mol. The Bertz CT molecular complexity index is 1800. The van der Waals surface area contributed by atoms with Gasteiger partial charge in [-0.15, -0.1) is 0 Å². The number of rotatable bonds is 13. The molecule has 1 saturated carbocycles. The Kier molecular flexibility index (Phi) is 10.9. The average Bonchev–Trinajstić information content (AvgIpc) is 3.45. The van der Waals surface area contributed by atoms with Crippen LogP contribution >= 0.6 is 0 Å². The summed E-state index contributed by atoms with van der Waals surface area (Å²) in [6, 6.07) is 33.8. The van der Waals surface area contributed by atoms with Gasteiger partial charge in [-0.1, -0.05) is 116 Å². The van der Waals surface area contributed by atoms with Gasteiger partial charge in [-0.2, -0.15) is 0 Å². The molecule has 1 fully saturated rings. The number of aromatic nitrogens is 1. The summed E-state index contributed by atoms with van der Waals surface area (Å²) < 4.78 is 14.1. The molecule has 48 heavy (non-hydrogen) atoms. The van der Waals surface area contributed by atoms with E-state index in [1.165, 1.54) is 0 Å². The quantitative estimate of drug-likeness (QED) is 0.132. The van der Waals surface area contributed by atoms with E-state index in [-0.39, 0.29) is 18.9 Å². The summed E-state index contributed by atoms with van der Waals surface area (Å²) in [5.41, 5.74) is 4.41. The molecule has 0 saturated heterocycles. The van der Waals surface area contributed by atoms with Crippen molar-refractivity contribution in [1.29, 1.82) is 0 Å². The SMILES string of the molecule is Cn1cc(C[C@H](NC(=O)[C@H](c2ccccc2OCc2ccccc2)[C@H](O)C2CCCCC2)C(=O)OCc2ccccc2)c2ccccc21. The molecule has 0 bridgehead atoms. The number of aryl methyl sites for hydroxylation is 1. The summed E-state index contributed by atoms with van der Waals surface area (Å²) in [4.78, 5) is 28.4. The van der Waals surface area contributed by atoms with Crippen molar-refractivity contribution in [1.82, 2.24) is 9.88 Å². The molecule has 6 rings (SSSR count). The van der Waals surface area contributed by atoms with E-state index in [0.717, 1.165) is 59.7 Å². The van der Waals surface area contributed by atoms with Crippen LogP contribution in [-0.4, -0.2) is 33.7 Å². The van der Waals surface area contributed by atoms with E-state index in [0.29, 0.717) is 17.9 Å². The van der Waals surface area contributed by atoms with Gasteiger partial charge in [0.05, 0.1) is 12.0 Å². The van der Waals surface area contributed by atoms with Gasteiger partial charge in [-0.25, -0.2) is 4.79 Å². The van der Waals surface area contributed by atoms with Gasteiger partial charge >= 0.3 is 5.97 Å². The fourth-order valence-electron chi connectivity index (χ4n) is 6.92. The lowest BCUT2D eigenvalue weighted by atomic mass is 9.77. The van der Waals surface area contributed by atoms with E-state index < -0.39 is 29.9 Å². The van der Waals surface area contributed by atoms with Crippen molar-refractivity contribution in [2.24, 2.45) is 13.0 Å². The molecule has 4 aromatic carbocycles. The lowest BCUT2D eigenvalue weighted by molar-refractivity contribution is -0.149. The summed E-state index contributed by atoms with van der Waals surface area (Å²) in [7, 11) is 1.97. The largest absolute Gasteiger partial charge is 0.489 e. The Labute approximate surface area is 282 Å². The van der Waals surface area contributed by atoms with Gasteiger partial charge in [0.15, 0.2) is 0 Å². The fraction of sp³-hybridized carbons (Fsp3) is 0.317. The zero-order chi connectivity index (χ0) is 33.3. The Balaban J connectivity index is 1.31. The van der Waals surface area contributed by atoms with E-state index in [4.69, 9.17) is 9.47 Å². The van der Waals surface area contributed by atoms with E-state index in [1.54, 1.807) is 0 Å². The number of amides is 1. The lowest BCUT2D eigenvalue weighted by Gasteiger charge is -2.33. The lowest BCUT2D eigenvalue weighted by Crippen LogP contribution is -2.48. The van der Waals surface area contributed by atoms with Crippen LogP contribution in [0.15, 0.2) is 115 Å². The number of nitrogens with one attached hydrogen (secondary N) is 1. The van der Waals surface area contributed by atoms with E-state index >= 15 is 0 Å². The van der Waals surface area contributed by atoms with Crippen molar-refractivity contribution < 1.29 is 24.2 Å². The minimum atomic E-state index is -0.981. The molecule has 1 heterocycles. The zero-order valence-corrected chi connectivity index (χ0v) is 27.5. The normalized spacial score (nSPS) is 15.4. The number of hydrogen-bond acceptors (Lipinski definition) is 5. The molecule has 0 radical (unpaired) electrons. The molecule has 1 amide bonds. The Morgan fingerprint density at radius 3 is 2.17 bits per heavy atom. The number of ether oxygens (including phenoxy) is 2. The molecule has 1 aliphatic rings. The van der Waals surface area contributed by atoms with Crippen molar-refractivity contribution >= 4 is 22.8 Å². The van der Waals surface area contributed by atoms with Crippen LogP contribution in [-0.2, 0) is 41.0 Å². The van der Waals surface area contributed by atoms with Crippen LogP contribution < -0.4 is 10.1 Å². The van der Waals surface area contributed by atoms with E-state index in [2.05, 4.69) is 5.32 Å². The first-order valence-corrected chi connectivity index (χ1v) is 17.0. The Morgan fingerprint density at radius 2 is 1.44 bits per heavy atom. The standard InChI is InChI=1S/C41H44N2O5/c1-43-26-32(33-21-11-13-23-36(33)43)25-35(41(46)48-28-30-17-7-3-8-18-30)42-40(45)38(39(44)31-19-9-4-10-20-31)34-22-12-14-24-37(34)47-27-29-15-5-2-6-16-29/h2-3,5-8,11-18,21-24,26,31,35,38-39,44H,4,9-10,19-20,25,27-28H2,1H3,(H,42,45)/t35-,38+,39+/m0/s1. The first-order chi connectivity index (χ1) is 23.5. The van der Waals surface area contributed by atoms with E-state index in [1.807, 2.05) is 127 Å². The number of nitrogens with zero attached hydrogens (tertiary/aromatic N) is 1. The summed E-state index contributed by atoms with van der Waals surface area (Å²) in [6.07, 6.45) is 6.11. The maximum absolute atomic E-state index is 14.6. The highest BCUT2D eigenvalue weighted by Gasteiger charge is 2.38. The predicted molar refractivity (Wildman–Crippen MR) is 187 cm³/mol. The number of esters is 1. The second kappa shape index (κ2) is 15.8. The van der Waals surface area contributed by atoms with Crippen LogP contribution in [0.2, 0.25) is 0 Å². The van der Waals surface area contributed by atoms with Crippen LogP contribution in [0, 0.1) is 5.92 Å². The summed E-state index contributed by atoms with van der Waals surface area (Å²) in [5.74, 6) is -1.41. The number of carbonyl (C=O) groups excluding carboxylic acids is 2. The summed E-state index contributed by atoms with van der Waals surface area (Å²) >= 11 is 0. The van der Waals surface area contributed by atoms with Gasteiger partial charge in [0.25, 0.3) is 0 Å². The molecular formula is C41H44N2O5. The number of fused-ring (bicyclic) bond motifs is 1. The molecule has 0 aliphatic heterocycles. The first-order valence-electron chi connectivity index (χ1n) is 17.0. The van der Waals surface area contributed by atoms with Crippen LogP contribution in [0.1, 0.15) is 60.3 Å². The molecule has 248 valence electrons. The van der Waals surface area contributed by atoms with Gasteiger partial charge in [0.2, 0.25) is 5.91 Å². The molecule has 7 nitrogen and oxygen atoms in total. The van der Waals surface area contributed by atoms with Crippen molar-refractivity contribution in [2.45, 2.75) is 69.8 Å². The highest BCUT2D eigenvalue weighted by molar-refractivity contribution is 5.91. The number of hydrogen-bond donors (Lipinski definition) is 2. The highest BCUT2D eigenvalue weighted by Crippen LogP contribution is 2.37. The molecule has 1 aromatic heterocycles. The predicted octanol–water partition coefficient (Wildman–Crippen LogP) is 7.25. The van der Waals surface area contributed by atoms with Gasteiger partial charge in [-0.3, -0.25) is 4.79 Å². The molecule has 1 aliphatic carbocycles. The fourth-order valence-corrected chi connectivity index (χ4v) is 6.92. The van der Waals surface area contributed by atoms with Crippen molar-refractivity contribution in [3.63, 3.8) is 0 Å². The molecule has 2 N–H and O–H groups in total. The van der Waals surface area contributed by atoms with Crippen LogP contribution in [0.25, 0.3) is 10.9 Å². The molecule has 5 aromatic rings. The molecular weight excluding hydrogens is 600 g/mol. The first kappa shape index (κ1) is 33.0. The third-order valence-electron chi connectivity index (χ3n) is 9.48. The number of aliphatic hydroxyl groups is 1. The van der Waals surface area contributed by atoms with Crippen molar-refractivity contribution in [2.75, 3.05) is 0 Å². The Hall–Kier alpha value is -4.88. The van der Waals surface area contributed by atoms with Gasteiger partial charge < -0.3 is 24.5 Å². The minimum absolute atomic E-state index is 0.0433. The van der Waals surface area contributed by atoms with Gasteiger partial charge in [-0.05, 0) is 47.6 Å².